The molecule has 1 unspecified atom stereocenters. The average Bonchev–Trinajstić information content (AvgIpc) is 2.81. The maximum absolute atomic E-state index is 13.3. The molecule has 0 aliphatic rings. The predicted octanol–water partition coefficient (Wildman–Crippen LogP) is 4.35. The smallest absolute Gasteiger partial charge is 0.261 e. The molecule has 3 rings (SSSR count). The third-order valence-electron chi connectivity index (χ3n) is 4.94. The van der Waals surface area contributed by atoms with Gasteiger partial charge < -0.3 is 15.0 Å². The van der Waals surface area contributed by atoms with Crippen LogP contribution in [0.5, 0.6) is 5.75 Å². The molecule has 0 fully saturated rings. The summed E-state index contributed by atoms with van der Waals surface area (Å²) in [6.45, 7) is -0.0438. The molecule has 0 spiro atoms. The van der Waals surface area contributed by atoms with E-state index in [4.69, 9.17) is 4.74 Å². The molecular formula is C25H24BrFN2O3. The van der Waals surface area contributed by atoms with Gasteiger partial charge in [0, 0.05) is 24.5 Å². The monoisotopic (exact) mass is 498 g/mol. The van der Waals surface area contributed by atoms with E-state index in [0.29, 0.717) is 12.2 Å². The van der Waals surface area contributed by atoms with E-state index in [1.165, 1.54) is 29.2 Å². The lowest BCUT2D eigenvalue weighted by Gasteiger charge is -2.31. The molecule has 3 aromatic carbocycles. The Morgan fingerprint density at radius 1 is 1.00 bits per heavy atom. The van der Waals surface area contributed by atoms with Crippen molar-refractivity contribution in [2.75, 3.05) is 13.7 Å². The number of benzene rings is 3. The van der Waals surface area contributed by atoms with Crippen molar-refractivity contribution in [2.45, 2.75) is 19.0 Å². The molecule has 0 aromatic heterocycles. The quantitative estimate of drug-likeness (QED) is 0.476. The van der Waals surface area contributed by atoms with E-state index in [0.717, 1.165) is 15.6 Å². The summed E-state index contributed by atoms with van der Waals surface area (Å²) >= 11 is 3.45. The maximum Gasteiger partial charge on any atom is 0.261 e. The Morgan fingerprint density at radius 2 is 1.69 bits per heavy atom. The Bertz CT molecular complexity index is 1040. The normalized spacial score (nSPS) is 11.5. The first-order valence-corrected chi connectivity index (χ1v) is 10.9. The summed E-state index contributed by atoms with van der Waals surface area (Å²) in [5.74, 6) is -0.623. The van der Waals surface area contributed by atoms with Crippen molar-refractivity contribution < 1.29 is 18.7 Å². The van der Waals surface area contributed by atoms with E-state index >= 15 is 0 Å². The molecule has 1 atom stereocenters. The highest BCUT2D eigenvalue weighted by Crippen LogP contribution is 2.18. The van der Waals surface area contributed by atoms with E-state index in [1.54, 1.807) is 7.05 Å². The fourth-order valence-corrected chi connectivity index (χ4v) is 3.76. The third-order valence-corrected chi connectivity index (χ3v) is 5.43. The topological polar surface area (TPSA) is 58.6 Å². The predicted molar refractivity (Wildman–Crippen MR) is 125 cm³/mol. The lowest BCUT2D eigenvalue weighted by molar-refractivity contribution is -0.142. The summed E-state index contributed by atoms with van der Waals surface area (Å²) in [6.07, 6.45) is 0.358. The number of nitrogens with zero attached hydrogens (tertiary/aromatic N) is 1. The summed E-state index contributed by atoms with van der Waals surface area (Å²) in [6, 6.07) is 21.8. The van der Waals surface area contributed by atoms with Gasteiger partial charge in [0.2, 0.25) is 5.91 Å². The second-order valence-corrected chi connectivity index (χ2v) is 8.13. The van der Waals surface area contributed by atoms with E-state index in [2.05, 4.69) is 21.2 Å². The van der Waals surface area contributed by atoms with Crippen LogP contribution in [-0.2, 0) is 22.6 Å². The lowest BCUT2D eigenvalue weighted by atomic mass is 10.0. The first-order chi connectivity index (χ1) is 15.5. The van der Waals surface area contributed by atoms with Gasteiger partial charge in [-0.05, 0) is 47.5 Å². The first kappa shape index (κ1) is 23.5. The first-order valence-electron chi connectivity index (χ1n) is 10.1. The molecule has 2 amide bonds. The van der Waals surface area contributed by atoms with Crippen molar-refractivity contribution in [1.82, 2.24) is 10.2 Å². The minimum absolute atomic E-state index is 0.232. The molecular weight excluding hydrogens is 475 g/mol. The molecule has 32 heavy (non-hydrogen) atoms. The number of ether oxygens (including phenoxy) is 1. The fraction of sp³-hybridized carbons (Fsp3) is 0.200. The maximum atomic E-state index is 13.3. The molecule has 5 nitrogen and oxygen atoms in total. The molecule has 0 bridgehead atoms. The highest BCUT2D eigenvalue weighted by Gasteiger charge is 2.30. The van der Waals surface area contributed by atoms with Crippen LogP contribution in [0.1, 0.15) is 11.1 Å². The van der Waals surface area contributed by atoms with Gasteiger partial charge in [-0.3, -0.25) is 9.59 Å². The number of carbonyl (C=O) groups is 2. The van der Waals surface area contributed by atoms with Crippen LogP contribution in [-0.4, -0.2) is 36.4 Å². The molecule has 0 heterocycles. The number of hydrogen-bond donors (Lipinski definition) is 1. The van der Waals surface area contributed by atoms with Gasteiger partial charge in [-0.15, -0.1) is 0 Å². The van der Waals surface area contributed by atoms with Crippen LogP contribution >= 0.6 is 15.9 Å². The van der Waals surface area contributed by atoms with Crippen LogP contribution in [0.4, 0.5) is 4.39 Å². The van der Waals surface area contributed by atoms with Gasteiger partial charge in [-0.1, -0.05) is 58.4 Å². The Balaban J connectivity index is 1.86. The molecule has 3 aromatic rings. The van der Waals surface area contributed by atoms with Crippen molar-refractivity contribution >= 4 is 27.7 Å². The minimum Gasteiger partial charge on any atom is -0.484 e. The number of likely N-dealkylation sites (N-methyl/N-ethyl adjacent to an activating group) is 1. The van der Waals surface area contributed by atoms with Gasteiger partial charge in [0.15, 0.2) is 6.61 Å². The zero-order valence-electron chi connectivity index (χ0n) is 17.6. The number of nitrogens with one attached hydrogen (secondary N) is 1. The minimum atomic E-state index is -0.731. The van der Waals surface area contributed by atoms with Gasteiger partial charge in [-0.25, -0.2) is 4.39 Å². The van der Waals surface area contributed by atoms with Crippen LogP contribution in [0, 0.1) is 5.82 Å². The molecule has 0 saturated heterocycles. The zero-order valence-corrected chi connectivity index (χ0v) is 19.2. The van der Waals surface area contributed by atoms with Gasteiger partial charge in [-0.2, -0.15) is 0 Å². The molecule has 0 aliphatic heterocycles. The van der Waals surface area contributed by atoms with E-state index in [1.807, 2.05) is 54.6 Å². The van der Waals surface area contributed by atoms with Crippen LogP contribution in [0.2, 0.25) is 0 Å². The van der Waals surface area contributed by atoms with Gasteiger partial charge in [0.1, 0.15) is 17.6 Å². The number of amides is 2. The summed E-state index contributed by atoms with van der Waals surface area (Å²) in [5, 5.41) is 2.67. The number of hydrogen-bond acceptors (Lipinski definition) is 3. The van der Waals surface area contributed by atoms with E-state index in [-0.39, 0.29) is 30.8 Å². The fourth-order valence-electron chi connectivity index (χ4n) is 3.31. The van der Waals surface area contributed by atoms with Gasteiger partial charge in [0.05, 0.1) is 0 Å². The second-order valence-electron chi connectivity index (χ2n) is 7.21. The molecule has 166 valence electrons. The molecule has 1 N–H and O–H groups in total. The van der Waals surface area contributed by atoms with E-state index < -0.39 is 6.04 Å². The summed E-state index contributed by atoms with van der Waals surface area (Å²) < 4.78 is 19.6. The number of rotatable bonds is 9. The number of halogens is 2. The molecule has 0 saturated carbocycles. The second kappa shape index (κ2) is 11.4. The number of carbonyl (C=O) groups excluding carboxylic acids is 2. The molecule has 7 heteroatoms. The summed E-state index contributed by atoms with van der Waals surface area (Å²) in [4.78, 5) is 27.6. The summed E-state index contributed by atoms with van der Waals surface area (Å²) in [7, 11) is 1.55. The highest BCUT2D eigenvalue weighted by atomic mass is 79.9. The largest absolute Gasteiger partial charge is 0.484 e. The van der Waals surface area contributed by atoms with E-state index in [9.17, 15) is 14.0 Å². The van der Waals surface area contributed by atoms with Crippen molar-refractivity contribution in [3.8, 4) is 5.75 Å². The average molecular weight is 499 g/mol. The molecule has 0 radical (unpaired) electrons. The Kier molecular flexibility index (Phi) is 8.39. The van der Waals surface area contributed by atoms with Gasteiger partial charge >= 0.3 is 0 Å². The Labute approximate surface area is 195 Å². The van der Waals surface area contributed by atoms with Crippen molar-refractivity contribution in [1.29, 1.82) is 0 Å². The van der Waals surface area contributed by atoms with Crippen LogP contribution < -0.4 is 10.1 Å². The van der Waals surface area contributed by atoms with Crippen molar-refractivity contribution in [2.24, 2.45) is 0 Å². The highest BCUT2D eigenvalue weighted by molar-refractivity contribution is 9.10. The van der Waals surface area contributed by atoms with Crippen molar-refractivity contribution in [3.63, 3.8) is 0 Å². The van der Waals surface area contributed by atoms with Crippen molar-refractivity contribution in [3.05, 3.63) is 100 Å². The van der Waals surface area contributed by atoms with Crippen LogP contribution in [0.15, 0.2) is 83.3 Å². The van der Waals surface area contributed by atoms with Crippen LogP contribution in [0.25, 0.3) is 0 Å². The SMILES string of the molecule is CNC(=O)C(Cc1ccccc1)N(Cc1cccc(Br)c1)C(=O)COc1ccc(F)cc1. The lowest BCUT2D eigenvalue weighted by Crippen LogP contribution is -2.51. The summed E-state index contributed by atoms with van der Waals surface area (Å²) in [5.41, 5.74) is 1.81. The Hall–Kier alpha value is -3.19. The van der Waals surface area contributed by atoms with Crippen LogP contribution in [0.3, 0.4) is 0 Å². The Morgan fingerprint density at radius 3 is 2.34 bits per heavy atom. The standard InChI is InChI=1S/C25H24BrFN2O3/c1-28-25(31)23(15-18-6-3-2-4-7-18)29(16-19-8-5-9-20(26)14-19)24(30)17-32-22-12-10-21(27)11-13-22/h2-14,23H,15-17H2,1H3,(H,28,31). The molecule has 0 aliphatic carbocycles. The van der Waals surface area contributed by atoms with Gasteiger partial charge in [0.25, 0.3) is 5.91 Å². The third kappa shape index (κ3) is 6.65. The zero-order chi connectivity index (χ0) is 22.9.